The average molecular weight is 221 g/mol. The van der Waals surface area contributed by atoms with Gasteiger partial charge in [0.25, 0.3) is 0 Å². The van der Waals surface area contributed by atoms with Crippen LogP contribution in [0.1, 0.15) is 52.2 Å². The molecule has 1 aromatic carbocycles. The molecule has 0 amide bonds. The van der Waals surface area contributed by atoms with Gasteiger partial charge in [-0.15, -0.1) is 0 Å². The number of nitrogens with one attached hydrogen (secondary N) is 1. The Kier molecular flexibility index (Phi) is 12.9. The molecule has 0 bridgehead atoms. The molecule has 0 aliphatic heterocycles. The molecule has 0 saturated heterocycles. The van der Waals surface area contributed by atoms with Crippen LogP contribution in [0.5, 0.6) is 0 Å². The highest BCUT2D eigenvalue weighted by molar-refractivity contribution is 5.80. The van der Waals surface area contributed by atoms with Crippen molar-refractivity contribution < 1.29 is 0 Å². The lowest BCUT2D eigenvalue weighted by Gasteiger charge is -1.98. The fraction of sp³-hybridized carbons (Fsp3) is 0.533. The van der Waals surface area contributed by atoms with E-state index in [-0.39, 0.29) is 0 Å². The van der Waals surface area contributed by atoms with Crippen LogP contribution >= 0.6 is 0 Å². The Bertz CT molecular complexity index is 259. The first-order chi connectivity index (χ1) is 7.60. The van der Waals surface area contributed by atoms with Gasteiger partial charge in [-0.2, -0.15) is 0 Å². The standard InChI is InChI=1S/C10H13N.C3H8.C2H6/c1-8-3-5-10(6-4-8)7-9(2)11;1-3-2;1-2/h3-6,11H,7H2,1-2H3;3H2,1-2H3;1-2H3. The van der Waals surface area contributed by atoms with Crippen molar-refractivity contribution in [3.8, 4) is 0 Å². The highest BCUT2D eigenvalue weighted by atomic mass is 14.4. The molecule has 0 unspecified atom stereocenters. The fourth-order valence-electron chi connectivity index (χ4n) is 1.01. The minimum Gasteiger partial charge on any atom is -0.310 e. The van der Waals surface area contributed by atoms with E-state index in [1.165, 1.54) is 17.5 Å². The molecule has 1 N–H and O–H groups in total. The van der Waals surface area contributed by atoms with Gasteiger partial charge in [0.2, 0.25) is 0 Å². The lowest BCUT2D eigenvalue weighted by molar-refractivity contribution is 1.09. The van der Waals surface area contributed by atoms with Crippen molar-refractivity contribution in [3.05, 3.63) is 35.4 Å². The maximum Gasteiger partial charge on any atom is 0.0102 e. The maximum absolute atomic E-state index is 7.29. The molecule has 92 valence electrons. The molecule has 0 aromatic heterocycles. The van der Waals surface area contributed by atoms with E-state index in [0.717, 1.165) is 6.42 Å². The summed E-state index contributed by atoms with van der Waals surface area (Å²) in [5.41, 5.74) is 3.22. The van der Waals surface area contributed by atoms with E-state index < -0.39 is 0 Å². The Morgan fingerprint density at radius 1 is 1.06 bits per heavy atom. The maximum atomic E-state index is 7.29. The molecule has 0 aliphatic rings. The average Bonchev–Trinajstić information content (AvgIpc) is 2.25. The van der Waals surface area contributed by atoms with Gasteiger partial charge < -0.3 is 5.41 Å². The molecule has 1 nitrogen and oxygen atoms in total. The van der Waals surface area contributed by atoms with Gasteiger partial charge in [0.15, 0.2) is 0 Å². The van der Waals surface area contributed by atoms with E-state index in [1.54, 1.807) is 0 Å². The minimum atomic E-state index is 0.717. The van der Waals surface area contributed by atoms with Crippen LogP contribution in [0, 0.1) is 12.3 Å². The largest absolute Gasteiger partial charge is 0.310 e. The third kappa shape index (κ3) is 11.0. The summed E-state index contributed by atoms with van der Waals surface area (Å²) in [5, 5.41) is 7.29. The first-order valence-electron chi connectivity index (χ1n) is 6.19. The second-order valence-corrected chi connectivity index (χ2v) is 3.65. The topological polar surface area (TPSA) is 23.9 Å². The van der Waals surface area contributed by atoms with Crippen LogP contribution in [-0.2, 0) is 6.42 Å². The lowest BCUT2D eigenvalue weighted by atomic mass is 10.1. The highest BCUT2D eigenvalue weighted by Crippen LogP contribution is 2.03. The van der Waals surface area contributed by atoms with Gasteiger partial charge in [-0.3, -0.25) is 0 Å². The highest BCUT2D eigenvalue weighted by Gasteiger charge is 1.92. The predicted molar refractivity (Wildman–Crippen MR) is 75.6 cm³/mol. The van der Waals surface area contributed by atoms with E-state index in [0.29, 0.717) is 5.71 Å². The molecule has 1 aromatic rings. The second kappa shape index (κ2) is 12.0. The van der Waals surface area contributed by atoms with E-state index >= 15 is 0 Å². The third-order valence-electron chi connectivity index (χ3n) is 1.59. The second-order valence-electron chi connectivity index (χ2n) is 3.65. The summed E-state index contributed by atoms with van der Waals surface area (Å²) in [6, 6.07) is 8.32. The Hall–Kier alpha value is -1.11. The van der Waals surface area contributed by atoms with Gasteiger partial charge in [0.1, 0.15) is 0 Å². The van der Waals surface area contributed by atoms with Crippen LogP contribution in [0.2, 0.25) is 0 Å². The SMILES string of the molecule is CC.CC(=N)Cc1ccc(C)cc1.CCC. The van der Waals surface area contributed by atoms with Crippen LogP contribution in [0.25, 0.3) is 0 Å². The summed E-state index contributed by atoms with van der Waals surface area (Å²) in [5.74, 6) is 0. The Labute approximate surface area is 101 Å². The van der Waals surface area contributed by atoms with Crippen molar-refractivity contribution in [1.29, 1.82) is 5.41 Å². The molecular weight excluding hydrogens is 194 g/mol. The zero-order valence-corrected chi connectivity index (χ0v) is 11.7. The van der Waals surface area contributed by atoms with Crippen LogP contribution in [-0.4, -0.2) is 5.71 Å². The van der Waals surface area contributed by atoms with E-state index in [2.05, 4.69) is 45.0 Å². The predicted octanol–water partition coefficient (Wildman–Crippen LogP) is 5.02. The Morgan fingerprint density at radius 3 is 1.75 bits per heavy atom. The number of benzene rings is 1. The van der Waals surface area contributed by atoms with Gasteiger partial charge in [0, 0.05) is 12.1 Å². The van der Waals surface area contributed by atoms with Gasteiger partial charge >= 0.3 is 0 Å². The molecule has 0 radical (unpaired) electrons. The number of rotatable bonds is 2. The zero-order valence-electron chi connectivity index (χ0n) is 11.7. The number of aryl methyl sites for hydroxylation is 1. The smallest absolute Gasteiger partial charge is 0.0102 e. The van der Waals surface area contributed by atoms with Crippen molar-refractivity contribution in [1.82, 2.24) is 0 Å². The molecule has 0 atom stereocenters. The van der Waals surface area contributed by atoms with Gasteiger partial charge in [-0.25, -0.2) is 0 Å². The summed E-state index contributed by atoms with van der Waals surface area (Å²) >= 11 is 0. The van der Waals surface area contributed by atoms with Crippen LogP contribution < -0.4 is 0 Å². The summed E-state index contributed by atoms with van der Waals surface area (Å²) in [6.45, 7) is 12.2. The van der Waals surface area contributed by atoms with Crippen LogP contribution in [0.3, 0.4) is 0 Å². The molecule has 0 heterocycles. The van der Waals surface area contributed by atoms with E-state index in [9.17, 15) is 0 Å². The number of hydrogen-bond donors (Lipinski definition) is 1. The van der Waals surface area contributed by atoms with Gasteiger partial charge in [-0.1, -0.05) is 63.9 Å². The number of hydrogen-bond acceptors (Lipinski definition) is 1. The van der Waals surface area contributed by atoms with Crippen LogP contribution in [0.4, 0.5) is 0 Å². The van der Waals surface area contributed by atoms with Crippen LogP contribution in [0.15, 0.2) is 24.3 Å². The minimum absolute atomic E-state index is 0.717. The lowest BCUT2D eigenvalue weighted by Crippen LogP contribution is -1.94. The molecule has 1 heteroatoms. The fourth-order valence-corrected chi connectivity index (χ4v) is 1.01. The van der Waals surface area contributed by atoms with Crippen molar-refractivity contribution in [3.63, 3.8) is 0 Å². The summed E-state index contributed by atoms with van der Waals surface area (Å²) in [4.78, 5) is 0. The summed E-state index contributed by atoms with van der Waals surface area (Å²) < 4.78 is 0. The van der Waals surface area contributed by atoms with E-state index in [1.807, 2.05) is 20.8 Å². The summed E-state index contributed by atoms with van der Waals surface area (Å²) in [7, 11) is 0. The van der Waals surface area contributed by atoms with Gasteiger partial charge in [0.05, 0.1) is 0 Å². The van der Waals surface area contributed by atoms with Crippen molar-refractivity contribution in [2.24, 2.45) is 0 Å². The zero-order chi connectivity index (χ0) is 13.0. The molecule has 16 heavy (non-hydrogen) atoms. The first-order valence-corrected chi connectivity index (χ1v) is 6.19. The third-order valence-corrected chi connectivity index (χ3v) is 1.59. The van der Waals surface area contributed by atoms with Crippen molar-refractivity contribution in [2.45, 2.75) is 54.4 Å². The van der Waals surface area contributed by atoms with Crippen molar-refractivity contribution in [2.75, 3.05) is 0 Å². The normalized spacial score (nSPS) is 8.12. The van der Waals surface area contributed by atoms with E-state index in [4.69, 9.17) is 5.41 Å². The monoisotopic (exact) mass is 221 g/mol. The van der Waals surface area contributed by atoms with Gasteiger partial charge in [-0.05, 0) is 19.4 Å². The quantitative estimate of drug-likeness (QED) is 0.678. The Morgan fingerprint density at radius 2 is 1.44 bits per heavy atom. The summed E-state index contributed by atoms with van der Waals surface area (Å²) in [6.07, 6.45) is 2.03. The Balaban J connectivity index is 0. The van der Waals surface area contributed by atoms with Crippen molar-refractivity contribution >= 4 is 5.71 Å². The first kappa shape index (κ1) is 17.3. The molecule has 1 rings (SSSR count). The molecule has 0 fully saturated rings. The molecule has 0 saturated carbocycles. The molecular formula is C15H27N. The molecule has 0 aliphatic carbocycles. The molecule has 0 spiro atoms.